The molecule has 2 aromatic carbocycles. The van der Waals surface area contributed by atoms with Crippen molar-refractivity contribution in [3.63, 3.8) is 0 Å². The summed E-state index contributed by atoms with van der Waals surface area (Å²) in [4.78, 5) is 5.13. The van der Waals surface area contributed by atoms with E-state index in [0.717, 1.165) is 5.52 Å². The standard InChI is InChI=1S/C20H27NSi2/c1-22(2,3)20(23(4,5)6)18-12-11-17-13-15-9-7-8-10-16(15)14-19(17)21-18/h7-14,20H,1-6H3. The third-order valence-corrected chi connectivity index (χ3v) is 13.9. The van der Waals surface area contributed by atoms with E-state index in [0.29, 0.717) is 5.16 Å². The van der Waals surface area contributed by atoms with Crippen LogP contribution in [0.25, 0.3) is 21.7 Å². The first kappa shape index (κ1) is 16.4. The lowest BCUT2D eigenvalue weighted by Crippen LogP contribution is -2.46. The number of aromatic nitrogens is 1. The molecular formula is C20H27NSi2. The molecule has 3 aromatic rings. The fraction of sp³-hybridized carbons (Fsp3) is 0.350. The van der Waals surface area contributed by atoms with Gasteiger partial charge in [-0.1, -0.05) is 69.6 Å². The Kier molecular flexibility index (Phi) is 3.97. The van der Waals surface area contributed by atoms with E-state index in [2.05, 4.69) is 87.8 Å². The zero-order valence-electron chi connectivity index (χ0n) is 15.1. The van der Waals surface area contributed by atoms with Crippen LogP contribution in [0.3, 0.4) is 0 Å². The Hall–Kier alpha value is -1.46. The van der Waals surface area contributed by atoms with Gasteiger partial charge in [0.25, 0.3) is 0 Å². The average Bonchev–Trinajstić information content (AvgIpc) is 2.42. The van der Waals surface area contributed by atoms with Crippen molar-refractivity contribution in [2.24, 2.45) is 0 Å². The van der Waals surface area contributed by atoms with Gasteiger partial charge in [-0.15, -0.1) is 0 Å². The SMILES string of the molecule is C[Si](C)(C)C(c1ccc2cc3ccccc3cc2n1)[Si](C)(C)C. The van der Waals surface area contributed by atoms with Crippen molar-refractivity contribution in [2.45, 2.75) is 44.4 Å². The maximum Gasteiger partial charge on any atom is 0.0711 e. The van der Waals surface area contributed by atoms with Gasteiger partial charge >= 0.3 is 0 Å². The number of pyridine rings is 1. The minimum Gasteiger partial charge on any atom is -0.253 e. The van der Waals surface area contributed by atoms with Crippen LogP contribution in [0, 0.1) is 0 Å². The van der Waals surface area contributed by atoms with Gasteiger partial charge < -0.3 is 0 Å². The zero-order valence-corrected chi connectivity index (χ0v) is 17.1. The van der Waals surface area contributed by atoms with Crippen LogP contribution < -0.4 is 0 Å². The maximum absolute atomic E-state index is 5.13. The third-order valence-electron chi connectivity index (χ3n) is 4.61. The minimum atomic E-state index is -1.30. The molecule has 0 N–H and O–H groups in total. The summed E-state index contributed by atoms with van der Waals surface area (Å²) in [7, 11) is -2.61. The Morgan fingerprint density at radius 1 is 0.696 bits per heavy atom. The first-order chi connectivity index (χ1) is 10.7. The van der Waals surface area contributed by atoms with Gasteiger partial charge in [-0.3, -0.25) is 4.98 Å². The summed E-state index contributed by atoms with van der Waals surface area (Å²) < 4.78 is 0. The van der Waals surface area contributed by atoms with E-state index in [1.54, 1.807) is 0 Å². The van der Waals surface area contributed by atoms with E-state index < -0.39 is 16.1 Å². The lowest BCUT2D eigenvalue weighted by Gasteiger charge is -2.38. The fourth-order valence-electron chi connectivity index (χ4n) is 4.17. The monoisotopic (exact) mass is 337 g/mol. The van der Waals surface area contributed by atoms with Crippen LogP contribution in [0.15, 0.2) is 48.5 Å². The number of hydrogen-bond acceptors (Lipinski definition) is 1. The van der Waals surface area contributed by atoms with Gasteiger partial charge in [0.15, 0.2) is 0 Å². The zero-order chi connectivity index (χ0) is 16.8. The smallest absolute Gasteiger partial charge is 0.0711 e. The van der Waals surface area contributed by atoms with E-state index in [9.17, 15) is 0 Å². The molecule has 23 heavy (non-hydrogen) atoms. The Morgan fingerprint density at radius 2 is 1.26 bits per heavy atom. The molecule has 0 fully saturated rings. The van der Waals surface area contributed by atoms with Crippen LogP contribution in [0.2, 0.25) is 39.3 Å². The lowest BCUT2D eigenvalue weighted by atomic mass is 10.1. The van der Waals surface area contributed by atoms with Gasteiger partial charge in [-0.25, -0.2) is 0 Å². The highest BCUT2D eigenvalue weighted by Crippen LogP contribution is 2.35. The Morgan fingerprint density at radius 3 is 1.83 bits per heavy atom. The number of hydrogen-bond donors (Lipinski definition) is 0. The van der Waals surface area contributed by atoms with Crippen LogP contribution in [0.5, 0.6) is 0 Å². The molecule has 3 rings (SSSR count). The topological polar surface area (TPSA) is 12.9 Å². The fourth-order valence-corrected chi connectivity index (χ4v) is 16.7. The molecule has 120 valence electrons. The number of rotatable bonds is 3. The highest BCUT2D eigenvalue weighted by Gasteiger charge is 2.39. The Balaban J connectivity index is 2.20. The molecule has 0 spiro atoms. The molecule has 3 heteroatoms. The molecule has 0 unspecified atom stereocenters. The van der Waals surface area contributed by atoms with Gasteiger partial charge in [0.1, 0.15) is 0 Å². The van der Waals surface area contributed by atoms with Crippen molar-refractivity contribution >= 4 is 37.8 Å². The Bertz CT molecular complexity index is 843. The molecule has 0 saturated carbocycles. The molecule has 1 heterocycles. The number of nitrogens with zero attached hydrogens (tertiary/aromatic N) is 1. The minimum absolute atomic E-state index is 0.686. The Labute approximate surface area is 141 Å². The van der Waals surface area contributed by atoms with Gasteiger partial charge in [-0.05, 0) is 34.1 Å². The second kappa shape index (κ2) is 5.57. The summed E-state index contributed by atoms with van der Waals surface area (Å²) in [6.07, 6.45) is 0. The van der Waals surface area contributed by atoms with Crippen molar-refractivity contribution in [1.82, 2.24) is 4.98 Å². The van der Waals surface area contributed by atoms with Crippen LogP contribution in [-0.4, -0.2) is 21.1 Å². The van der Waals surface area contributed by atoms with Crippen LogP contribution in [0.4, 0.5) is 0 Å². The van der Waals surface area contributed by atoms with E-state index in [-0.39, 0.29) is 0 Å². The average molecular weight is 338 g/mol. The highest BCUT2D eigenvalue weighted by molar-refractivity contribution is 6.96. The highest BCUT2D eigenvalue weighted by atomic mass is 28.4. The summed E-state index contributed by atoms with van der Waals surface area (Å²) in [5.41, 5.74) is 2.47. The van der Waals surface area contributed by atoms with E-state index in [1.807, 2.05) is 0 Å². The quantitative estimate of drug-likeness (QED) is 0.408. The summed E-state index contributed by atoms with van der Waals surface area (Å²) in [5, 5.41) is 4.51. The molecule has 1 aromatic heterocycles. The van der Waals surface area contributed by atoms with Crippen molar-refractivity contribution in [3.05, 3.63) is 54.2 Å². The van der Waals surface area contributed by atoms with Crippen LogP contribution >= 0.6 is 0 Å². The molecule has 0 radical (unpaired) electrons. The molecule has 0 aliphatic rings. The van der Waals surface area contributed by atoms with E-state index in [1.165, 1.54) is 21.9 Å². The summed E-state index contributed by atoms with van der Waals surface area (Å²) in [6, 6.07) is 17.6. The van der Waals surface area contributed by atoms with Crippen molar-refractivity contribution in [3.8, 4) is 0 Å². The second-order valence-electron chi connectivity index (χ2n) is 8.79. The van der Waals surface area contributed by atoms with E-state index >= 15 is 0 Å². The molecule has 0 atom stereocenters. The largest absolute Gasteiger partial charge is 0.253 e. The predicted molar refractivity (Wildman–Crippen MR) is 109 cm³/mol. The maximum atomic E-state index is 5.13. The van der Waals surface area contributed by atoms with Crippen molar-refractivity contribution in [2.75, 3.05) is 0 Å². The molecule has 0 amide bonds. The van der Waals surface area contributed by atoms with Gasteiger partial charge in [-0.2, -0.15) is 0 Å². The van der Waals surface area contributed by atoms with Crippen LogP contribution in [-0.2, 0) is 0 Å². The van der Waals surface area contributed by atoms with Crippen molar-refractivity contribution in [1.29, 1.82) is 0 Å². The number of fused-ring (bicyclic) bond motifs is 2. The molecule has 0 aliphatic carbocycles. The number of benzene rings is 2. The first-order valence-electron chi connectivity index (χ1n) is 8.46. The third kappa shape index (κ3) is 3.26. The normalized spacial score (nSPS) is 13.2. The summed E-state index contributed by atoms with van der Waals surface area (Å²) >= 11 is 0. The van der Waals surface area contributed by atoms with Gasteiger partial charge in [0, 0.05) is 11.1 Å². The lowest BCUT2D eigenvalue weighted by molar-refractivity contribution is 1.09. The second-order valence-corrected chi connectivity index (χ2v) is 20.0. The molecule has 0 aliphatic heterocycles. The van der Waals surface area contributed by atoms with E-state index in [4.69, 9.17) is 4.98 Å². The molecule has 0 bridgehead atoms. The predicted octanol–water partition coefficient (Wildman–Crippen LogP) is 6.23. The summed E-state index contributed by atoms with van der Waals surface area (Å²) in [5.74, 6) is 0. The molecule has 1 nitrogen and oxygen atoms in total. The summed E-state index contributed by atoms with van der Waals surface area (Å²) in [6.45, 7) is 14.9. The van der Waals surface area contributed by atoms with Crippen molar-refractivity contribution < 1.29 is 0 Å². The molecular weight excluding hydrogens is 310 g/mol. The van der Waals surface area contributed by atoms with Gasteiger partial charge in [0.05, 0.1) is 21.7 Å². The van der Waals surface area contributed by atoms with Gasteiger partial charge in [0.2, 0.25) is 0 Å². The first-order valence-corrected chi connectivity index (χ1v) is 15.6. The van der Waals surface area contributed by atoms with Crippen LogP contribution in [0.1, 0.15) is 10.9 Å². The molecule has 0 saturated heterocycles.